The zero-order valence-electron chi connectivity index (χ0n) is 11.2. The lowest BCUT2D eigenvalue weighted by atomic mass is 10.1. The number of amides is 1. The lowest BCUT2D eigenvalue weighted by molar-refractivity contribution is -0.142. The molecular formula is C16H15NO4. The predicted molar refractivity (Wildman–Crippen MR) is 74.5 cm³/mol. The summed E-state index contributed by atoms with van der Waals surface area (Å²) < 4.78 is 5.28. The second kappa shape index (κ2) is 5.44. The van der Waals surface area contributed by atoms with Gasteiger partial charge in [0.1, 0.15) is 5.76 Å². The highest BCUT2D eigenvalue weighted by molar-refractivity contribution is 5.88. The van der Waals surface area contributed by atoms with Gasteiger partial charge in [-0.15, -0.1) is 0 Å². The highest BCUT2D eigenvalue weighted by atomic mass is 16.4. The van der Waals surface area contributed by atoms with E-state index in [1.54, 1.807) is 42.7 Å². The van der Waals surface area contributed by atoms with Crippen molar-refractivity contribution in [1.82, 2.24) is 5.32 Å². The molecule has 108 valence electrons. The summed E-state index contributed by atoms with van der Waals surface area (Å²) in [5, 5.41) is 11.9. The Bertz CT molecular complexity index is 636. The van der Waals surface area contributed by atoms with E-state index in [1.165, 1.54) is 0 Å². The smallest absolute Gasteiger partial charge is 0.330 e. The van der Waals surface area contributed by atoms with Crippen LogP contribution in [0.5, 0.6) is 0 Å². The fraction of sp³-hybridized carbons (Fsp3) is 0.250. The van der Waals surface area contributed by atoms with Crippen LogP contribution < -0.4 is 5.32 Å². The van der Waals surface area contributed by atoms with Crippen LogP contribution >= 0.6 is 0 Å². The lowest BCUT2D eigenvalue weighted by Gasteiger charge is -2.14. The number of rotatable bonds is 5. The first-order valence-electron chi connectivity index (χ1n) is 6.78. The molecule has 3 atom stereocenters. The molecule has 0 spiro atoms. The van der Waals surface area contributed by atoms with Crippen LogP contribution in [0.25, 0.3) is 0 Å². The van der Waals surface area contributed by atoms with Crippen LogP contribution in [-0.2, 0) is 9.59 Å². The summed E-state index contributed by atoms with van der Waals surface area (Å²) in [5.41, 5.74) is 0.563. The van der Waals surface area contributed by atoms with Crippen molar-refractivity contribution < 1.29 is 19.1 Å². The van der Waals surface area contributed by atoms with Gasteiger partial charge in [-0.05, 0) is 24.1 Å². The van der Waals surface area contributed by atoms with Crippen LogP contribution in [0, 0.1) is 5.92 Å². The molecule has 0 bridgehead atoms. The van der Waals surface area contributed by atoms with Crippen LogP contribution in [0.4, 0.5) is 0 Å². The number of benzene rings is 1. The zero-order chi connectivity index (χ0) is 14.8. The minimum atomic E-state index is -1.07. The Labute approximate surface area is 121 Å². The van der Waals surface area contributed by atoms with Crippen molar-refractivity contribution in [3.8, 4) is 0 Å². The summed E-state index contributed by atoms with van der Waals surface area (Å²) >= 11 is 0. The second-order valence-corrected chi connectivity index (χ2v) is 5.15. The molecule has 5 nitrogen and oxygen atoms in total. The average molecular weight is 285 g/mol. The zero-order valence-corrected chi connectivity index (χ0v) is 11.2. The number of aliphatic carboxylic acids is 1. The first-order chi connectivity index (χ1) is 10.2. The Balaban J connectivity index is 1.67. The summed E-state index contributed by atoms with van der Waals surface area (Å²) in [4.78, 5) is 23.5. The predicted octanol–water partition coefficient (Wildman–Crippen LogP) is 2.33. The van der Waals surface area contributed by atoms with E-state index in [0.717, 1.165) is 5.76 Å². The minimum Gasteiger partial charge on any atom is -0.479 e. The third kappa shape index (κ3) is 2.81. The number of carbonyl (C=O) groups excluding carboxylic acids is 1. The molecule has 1 aliphatic carbocycles. The van der Waals surface area contributed by atoms with Crippen molar-refractivity contribution in [2.45, 2.75) is 18.4 Å². The van der Waals surface area contributed by atoms with Gasteiger partial charge in [0, 0.05) is 11.8 Å². The van der Waals surface area contributed by atoms with E-state index in [2.05, 4.69) is 5.32 Å². The molecule has 0 radical (unpaired) electrons. The van der Waals surface area contributed by atoms with Crippen molar-refractivity contribution in [3.63, 3.8) is 0 Å². The number of carboxylic acids is 1. The molecule has 1 fully saturated rings. The second-order valence-electron chi connectivity index (χ2n) is 5.15. The molecule has 21 heavy (non-hydrogen) atoms. The number of hydrogen-bond donors (Lipinski definition) is 2. The number of hydrogen-bond acceptors (Lipinski definition) is 3. The van der Waals surface area contributed by atoms with Crippen molar-refractivity contribution in [3.05, 3.63) is 60.1 Å². The Kier molecular flexibility index (Phi) is 3.48. The fourth-order valence-electron chi connectivity index (χ4n) is 2.48. The van der Waals surface area contributed by atoms with Gasteiger partial charge in [-0.1, -0.05) is 30.3 Å². The molecule has 1 aliphatic rings. The lowest BCUT2D eigenvalue weighted by Crippen LogP contribution is -2.34. The van der Waals surface area contributed by atoms with Crippen LogP contribution in [0.1, 0.15) is 29.7 Å². The van der Waals surface area contributed by atoms with Crippen LogP contribution in [-0.4, -0.2) is 17.0 Å². The fourth-order valence-corrected chi connectivity index (χ4v) is 2.48. The summed E-state index contributed by atoms with van der Waals surface area (Å²) in [6.07, 6.45) is 2.27. The molecular weight excluding hydrogens is 270 g/mol. The molecule has 1 heterocycles. The Morgan fingerprint density at radius 3 is 2.57 bits per heavy atom. The van der Waals surface area contributed by atoms with E-state index in [-0.39, 0.29) is 17.7 Å². The van der Waals surface area contributed by atoms with Gasteiger partial charge in [0.15, 0.2) is 6.04 Å². The quantitative estimate of drug-likeness (QED) is 0.883. The standard InChI is InChI=1S/C16H15NO4/c18-15(12-9-11(12)13-7-4-8-21-13)17-14(16(19)20)10-5-2-1-3-6-10/h1-8,11-12,14H,9H2,(H,17,18)(H,19,20)/t11-,12-,14+/m0/s1. The van der Waals surface area contributed by atoms with Gasteiger partial charge in [-0.2, -0.15) is 0 Å². The first kappa shape index (κ1) is 13.4. The van der Waals surface area contributed by atoms with Gasteiger partial charge in [-0.3, -0.25) is 4.79 Å². The van der Waals surface area contributed by atoms with Gasteiger partial charge < -0.3 is 14.8 Å². The largest absolute Gasteiger partial charge is 0.479 e. The summed E-state index contributed by atoms with van der Waals surface area (Å²) in [7, 11) is 0. The molecule has 1 saturated carbocycles. The number of carbonyl (C=O) groups is 2. The highest BCUT2D eigenvalue weighted by Gasteiger charge is 2.46. The molecule has 2 aromatic rings. The monoisotopic (exact) mass is 285 g/mol. The maximum Gasteiger partial charge on any atom is 0.330 e. The maximum atomic E-state index is 12.2. The highest BCUT2D eigenvalue weighted by Crippen LogP contribution is 2.47. The average Bonchev–Trinajstić information content (AvgIpc) is 3.11. The Morgan fingerprint density at radius 1 is 1.19 bits per heavy atom. The SMILES string of the molecule is O=C(N[C@@H](C(=O)O)c1ccccc1)[C@H]1C[C@@H]1c1ccco1. The van der Waals surface area contributed by atoms with Crippen molar-refractivity contribution in [1.29, 1.82) is 0 Å². The topological polar surface area (TPSA) is 79.5 Å². The van der Waals surface area contributed by atoms with E-state index >= 15 is 0 Å². The first-order valence-corrected chi connectivity index (χ1v) is 6.78. The van der Waals surface area contributed by atoms with Crippen molar-refractivity contribution in [2.24, 2.45) is 5.92 Å². The van der Waals surface area contributed by atoms with E-state index in [4.69, 9.17) is 4.42 Å². The number of furan rings is 1. The van der Waals surface area contributed by atoms with E-state index in [9.17, 15) is 14.7 Å². The third-order valence-corrected chi connectivity index (χ3v) is 3.70. The molecule has 3 rings (SSSR count). The van der Waals surface area contributed by atoms with E-state index in [0.29, 0.717) is 12.0 Å². The molecule has 2 N–H and O–H groups in total. The summed E-state index contributed by atoms with van der Waals surface area (Å²) in [6, 6.07) is 11.3. The number of carboxylic acid groups (broad SMARTS) is 1. The third-order valence-electron chi connectivity index (χ3n) is 3.70. The van der Waals surface area contributed by atoms with Crippen LogP contribution in [0.2, 0.25) is 0 Å². The molecule has 0 aliphatic heterocycles. The van der Waals surface area contributed by atoms with Crippen molar-refractivity contribution >= 4 is 11.9 Å². The Hall–Kier alpha value is -2.56. The molecule has 0 saturated heterocycles. The summed E-state index contributed by atoms with van der Waals surface area (Å²) in [5.74, 6) is -0.675. The molecule has 1 aromatic heterocycles. The minimum absolute atomic E-state index is 0.0604. The van der Waals surface area contributed by atoms with Crippen molar-refractivity contribution in [2.75, 3.05) is 0 Å². The van der Waals surface area contributed by atoms with E-state index in [1.807, 2.05) is 6.07 Å². The summed E-state index contributed by atoms with van der Waals surface area (Å²) in [6.45, 7) is 0. The van der Waals surface area contributed by atoms with Gasteiger partial charge in [0.25, 0.3) is 0 Å². The van der Waals surface area contributed by atoms with Gasteiger partial charge in [0.05, 0.1) is 6.26 Å². The number of nitrogens with one attached hydrogen (secondary N) is 1. The molecule has 1 amide bonds. The van der Waals surface area contributed by atoms with Crippen LogP contribution in [0.15, 0.2) is 53.1 Å². The molecule has 5 heteroatoms. The maximum absolute atomic E-state index is 12.2. The Morgan fingerprint density at radius 2 is 1.95 bits per heavy atom. The van der Waals surface area contributed by atoms with Gasteiger partial charge >= 0.3 is 5.97 Å². The normalized spacial score (nSPS) is 21.5. The van der Waals surface area contributed by atoms with Crippen LogP contribution in [0.3, 0.4) is 0 Å². The van der Waals surface area contributed by atoms with Gasteiger partial charge in [0.2, 0.25) is 5.91 Å². The molecule has 1 aromatic carbocycles. The van der Waals surface area contributed by atoms with Gasteiger partial charge in [-0.25, -0.2) is 4.79 Å². The molecule has 0 unspecified atom stereocenters. The van der Waals surface area contributed by atoms with E-state index < -0.39 is 12.0 Å².